The van der Waals surface area contributed by atoms with Crippen LogP contribution in [0.1, 0.15) is 46.0 Å². The summed E-state index contributed by atoms with van der Waals surface area (Å²) in [6, 6.07) is 0.346. The fourth-order valence-corrected chi connectivity index (χ4v) is 2.61. The van der Waals surface area contributed by atoms with Crippen LogP contribution in [0, 0.1) is 0 Å². The van der Waals surface area contributed by atoms with Crippen LogP contribution in [0.5, 0.6) is 0 Å². The van der Waals surface area contributed by atoms with Gasteiger partial charge in [-0.2, -0.15) is 0 Å². The van der Waals surface area contributed by atoms with Crippen LogP contribution in [0.3, 0.4) is 0 Å². The zero-order chi connectivity index (χ0) is 12.0. The first kappa shape index (κ1) is 13.9. The molecule has 3 heteroatoms. The molecule has 0 amide bonds. The third-order valence-corrected chi connectivity index (χ3v) is 3.62. The smallest absolute Gasteiger partial charge is 0.0776 e. The highest BCUT2D eigenvalue weighted by atomic mass is 15.4. The Morgan fingerprint density at radius 2 is 1.75 bits per heavy atom. The fourth-order valence-electron chi connectivity index (χ4n) is 2.61. The van der Waals surface area contributed by atoms with E-state index in [0.717, 1.165) is 13.0 Å². The van der Waals surface area contributed by atoms with Crippen molar-refractivity contribution < 1.29 is 0 Å². The van der Waals surface area contributed by atoms with Gasteiger partial charge in [-0.15, -0.1) is 0 Å². The van der Waals surface area contributed by atoms with Gasteiger partial charge in [-0.3, -0.25) is 9.80 Å². The molecule has 0 aliphatic carbocycles. The van der Waals surface area contributed by atoms with E-state index in [1.54, 1.807) is 0 Å². The van der Waals surface area contributed by atoms with Gasteiger partial charge in [0.05, 0.1) is 6.17 Å². The summed E-state index contributed by atoms with van der Waals surface area (Å²) in [4.78, 5) is 5.03. The summed E-state index contributed by atoms with van der Waals surface area (Å²) in [6.07, 6.45) is 6.76. The number of nitrogens with two attached hydrogens (primary N) is 1. The normalized spacial score (nSPS) is 26.8. The van der Waals surface area contributed by atoms with E-state index < -0.39 is 0 Å². The molecule has 0 aromatic rings. The van der Waals surface area contributed by atoms with E-state index in [-0.39, 0.29) is 0 Å². The van der Waals surface area contributed by atoms with E-state index in [0.29, 0.717) is 12.2 Å². The maximum Gasteiger partial charge on any atom is 0.0776 e. The van der Waals surface area contributed by atoms with E-state index in [4.69, 9.17) is 5.73 Å². The van der Waals surface area contributed by atoms with Gasteiger partial charge in [0.25, 0.3) is 0 Å². The van der Waals surface area contributed by atoms with Crippen LogP contribution in [0.2, 0.25) is 0 Å². The van der Waals surface area contributed by atoms with Crippen molar-refractivity contribution in [3.8, 4) is 0 Å². The molecule has 1 rings (SSSR count). The summed E-state index contributed by atoms with van der Waals surface area (Å²) in [6.45, 7) is 8.09. The minimum atomic E-state index is 0.346. The number of nitrogens with zero attached hydrogens (tertiary/aromatic N) is 2. The van der Waals surface area contributed by atoms with Gasteiger partial charge in [-0.1, -0.05) is 26.7 Å². The summed E-state index contributed by atoms with van der Waals surface area (Å²) in [5.74, 6) is 0. The summed E-state index contributed by atoms with van der Waals surface area (Å²) >= 11 is 0. The molecule has 0 aromatic carbocycles. The Bertz CT molecular complexity index is 166. The summed E-state index contributed by atoms with van der Waals surface area (Å²) in [5, 5.41) is 0. The van der Waals surface area contributed by atoms with E-state index >= 15 is 0 Å². The number of likely N-dealkylation sites (tertiary alicyclic amines) is 1. The Morgan fingerprint density at radius 1 is 1.19 bits per heavy atom. The van der Waals surface area contributed by atoms with Gasteiger partial charge in [0.2, 0.25) is 0 Å². The lowest BCUT2D eigenvalue weighted by Gasteiger charge is -2.35. The van der Waals surface area contributed by atoms with Crippen LogP contribution in [0.4, 0.5) is 0 Å². The molecule has 0 saturated carbocycles. The lowest BCUT2D eigenvalue weighted by atomic mass is 10.2. The second kappa shape index (κ2) is 7.25. The van der Waals surface area contributed by atoms with Crippen LogP contribution in [0.25, 0.3) is 0 Å². The molecule has 2 unspecified atom stereocenters. The van der Waals surface area contributed by atoms with E-state index in [2.05, 4.69) is 30.7 Å². The summed E-state index contributed by atoms with van der Waals surface area (Å²) in [5.41, 5.74) is 6.23. The number of hydrogen-bond donors (Lipinski definition) is 1. The van der Waals surface area contributed by atoms with Gasteiger partial charge in [0.1, 0.15) is 0 Å². The predicted octanol–water partition coefficient (Wildman–Crippen LogP) is 1.88. The molecule has 0 aromatic heterocycles. The van der Waals surface area contributed by atoms with Crippen LogP contribution in [-0.2, 0) is 0 Å². The summed E-state index contributed by atoms with van der Waals surface area (Å²) in [7, 11) is 2.21. The zero-order valence-electron chi connectivity index (χ0n) is 11.3. The van der Waals surface area contributed by atoms with Gasteiger partial charge in [-0.25, -0.2) is 0 Å². The van der Waals surface area contributed by atoms with Gasteiger partial charge in [0, 0.05) is 12.6 Å². The molecule has 3 nitrogen and oxygen atoms in total. The van der Waals surface area contributed by atoms with Gasteiger partial charge < -0.3 is 5.73 Å². The Labute approximate surface area is 101 Å². The first-order valence-electron chi connectivity index (χ1n) is 6.90. The molecule has 16 heavy (non-hydrogen) atoms. The molecule has 1 heterocycles. The predicted molar refractivity (Wildman–Crippen MR) is 70.4 cm³/mol. The topological polar surface area (TPSA) is 32.5 Å². The monoisotopic (exact) mass is 227 g/mol. The average Bonchev–Trinajstić information content (AvgIpc) is 2.60. The van der Waals surface area contributed by atoms with Crippen LogP contribution in [-0.4, -0.2) is 48.7 Å². The highest BCUT2D eigenvalue weighted by Gasteiger charge is 2.33. The molecule has 0 spiro atoms. The highest BCUT2D eigenvalue weighted by molar-refractivity contribution is 4.88. The first-order chi connectivity index (χ1) is 7.70. The SMILES string of the molecule is CCCCN(CCCC)C1C(N)CCN1C. The first-order valence-corrected chi connectivity index (χ1v) is 6.90. The Kier molecular flexibility index (Phi) is 6.32. The molecule has 2 atom stereocenters. The van der Waals surface area contributed by atoms with E-state index in [9.17, 15) is 0 Å². The standard InChI is InChI=1S/C13H29N3/c1-4-6-9-16(10-7-5-2)13-12(14)8-11-15(13)3/h12-13H,4-11,14H2,1-3H3. The maximum absolute atomic E-state index is 6.23. The van der Waals surface area contributed by atoms with E-state index in [1.807, 2.05) is 0 Å². The van der Waals surface area contributed by atoms with Crippen molar-refractivity contribution in [3.63, 3.8) is 0 Å². The quantitative estimate of drug-likeness (QED) is 0.721. The lowest BCUT2D eigenvalue weighted by Crippen LogP contribution is -2.51. The molecular formula is C13H29N3. The molecule has 0 bridgehead atoms. The molecule has 1 aliphatic rings. The van der Waals surface area contributed by atoms with Crippen molar-refractivity contribution in [1.82, 2.24) is 9.80 Å². The minimum absolute atomic E-state index is 0.346. The zero-order valence-corrected chi connectivity index (χ0v) is 11.3. The number of rotatable bonds is 7. The third kappa shape index (κ3) is 3.72. The number of unbranched alkanes of at least 4 members (excludes halogenated alkanes) is 2. The summed E-state index contributed by atoms with van der Waals surface area (Å²) < 4.78 is 0. The van der Waals surface area contributed by atoms with Crippen molar-refractivity contribution in [3.05, 3.63) is 0 Å². The fraction of sp³-hybridized carbons (Fsp3) is 1.00. The van der Waals surface area contributed by atoms with Crippen molar-refractivity contribution in [1.29, 1.82) is 0 Å². The molecule has 2 N–H and O–H groups in total. The second-order valence-electron chi connectivity index (χ2n) is 5.09. The van der Waals surface area contributed by atoms with Crippen LogP contribution in [0.15, 0.2) is 0 Å². The molecule has 1 aliphatic heterocycles. The molecule has 1 fully saturated rings. The van der Waals surface area contributed by atoms with E-state index in [1.165, 1.54) is 38.8 Å². The Morgan fingerprint density at radius 3 is 2.12 bits per heavy atom. The Hall–Kier alpha value is -0.120. The van der Waals surface area contributed by atoms with Crippen molar-refractivity contribution >= 4 is 0 Å². The maximum atomic E-state index is 6.23. The van der Waals surface area contributed by atoms with Gasteiger partial charge in [-0.05, 0) is 39.4 Å². The molecule has 96 valence electrons. The van der Waals surface area contributed by atoms with Gasteiger partial charge >= 0.3 is 0 Å². The third-order valence-electron chi connectivity index (χ3n) is 3.62. The molecule has 0 radical (unpaired) electrons. The number of likely N-dealkylation sites (N-methyl/N-ethyl adjacent to an activating group) is 1. The van der Waals surface area contributed by atoms with Crippen LogP contribution < -0.4 is 5.73 Å². The molecular weight excluding hydrogens is 198 g/mol. The largest absolute Gasteiger partial charge is 0.325 e. The minimum Gasteiger partial charge on any atom is -0.325 e. The number of hydrogen-bond acceptors (Lipinski definition) is 3. The van der Waals surface area contributed by atoms with Crippen molar-refractivity contribution in [2.45, 2.75) is 58.2 Å². The Balaban J connectivity index is 2.51. The van der Waals surface area contributed by atoms with Crippen molar-refractivity contribution in [2.24, 2.45) is 5.73 Å². The van der Waals surface area contributed by atoms with Crippen molar-refractivity contribution in [2.75, 3.05) is 26.7 Å². The molecule has 1 saturated heterocycles. The average molecular weight is 227 g/mol. The highest BCUT2D eigenvalue weighted by Crippen LogP contribution is 2.19. The second-order valence-corrected chi connectivity index (χ2v) is 5.09. The van der Waals surface area contributed by atoms with Crippen LogP contribution >= 0.6 is 0 Å². The van der Waals surface area contributed by atoms with Gasteiger partial charge in [0.15, 0.2) is 0 Å². The lowest BCUT2D eigenvalue weighted by molar-refractivity contribution is 0.0804.